The van der Waals surface area contributed by atoms with Gasteiger partial charge in [-0.1, -0.05) is 66.9 Å². The lowest BCUT2D eigenvalue weighted by Crippen LogP contribution is -2.48. The molecule has 0 atom stereocenters. The summed E-state index contributed by atoms with van der Waals surface area (Å²) < 4.78 is 27.6. The van der Waals surface area contributed by atoms with Crippen LogP contribution in [0.4, 0.5) is 0 Å². The Balaban J connectivity index is 1.09. The summed E-state index contributed by atoms with van der Waals surface area (Å²) in [5.74, 6) is -0.0884. The molecule has 3 aromatic carbocycles. The highest BCUT2D eigenvalue weighted by Crippen LogP contribution is 2.20. The predicted octanol–water partition coefficient (Wildman–Crippen LogP) is 4.81. The molecule has 7 nitrogen and oxygen atoms in total. The number of hydrogen-bond acceptors (Lipinski definition) is 5. The minimum Gasteiger partial charge on any atom is -0.348 e. The molecule has 1 N–H and O–H groups in total. The molecule has 2 fully saturated rings. The Morgan fingerprint density at radius 2 is 1.32 bits per heavy atom. The highest BCUT2D eigenvalue weighted by atomic mass is 32.2. The topological polar surface area (TPSA) is 73.0 Å². The number of benzene rings is 3. The molecule has 2 aliphatic heterocycles. The van der Waals surface area contributed by atoms with Crippen molar-refractivity contribution in [3.05, 3.63) is 101 Å². The Kier molecular flexibility index (Phi) is 9.88. The van der Waals surface area contributed by atoms with Crippen molar-refractivity contribution >= 4 is 15.9 Å². The number of carbonyl (C=O) groups excluding carboxylic acids is 1. The second-order valence-corrected chi connectivity index (χ2v) is 13.3. The van der Waals surface area contributed by atoms with Crippen LogP contribution in [0.2, 0.25) is 0 Å². The molecule has 0 bridgehead atoms. The number of hydrogen-bond donors (Lipinski definition) is 1. The van der Waals surface area contributed by atoms with E-state index < -0.39 is 10.0 Å². The third kappa shape index (κ3) is 8.04. The molecule has 1 amide bonds. The third-order valence-electron chi connectivity index (χ3n) is 8.17. The van der Waals surface area contributed by atoms with Crippen LogP contribution in [0.15, 0.2) is 77.7 Å². The number of nitrogens with zero attached hydrogens (tertiary/aromatic N) is 3. The Morgan fingerprint density at radius 3 is 2.00 bits per heavy atom. The number of carbonyl (C=O) groups is 1. The summed E-state index contributed by atoms with van der Waals surface area (Å²) in [5.41, 5.74) is 5.14. The maximum Gasteiger partial charge on any atom is 0.251 e. The molecular formula is C33H42N4O3S. The number of nitrogens with one attached hydrogen (secondary N) is 1. The molecule has 0 unspecified atom stereocenters. The molecular weight excluding hydrogens is 532 g/mol. The van der Waals surface area contributed by atoms with Gasteiger partial charge in [-0.25, -0.2) is 8.42 Å². The lowest BCUT2D eigenvalue weighted by atomic mass is 10.1. The van der Waals surface area contributed by atoms with E-state index in [0.29, 0.717) is 49.7 Å². The van der Waals surface area contributed by atoms with Gasteiger partial charge >= 0.3 is 0 Å². The Morgan fingerprint density at radius 1 is 0.707 bits per heavy atom. The van der Waals surface area contributed by atoms with Crippen molar-refractivity contribution < 1.29 is 13.2 Å². The van der Waals surface area contributed by atoms with Gasteiger partial charge in [0.2, 0.25) is 10.0 Å². The first-order chi connectivity index (χ1) is 19.9. The minimum atomic E-state index is -3.48. The smallest absolute Gasteiger partial charge is 0.251 e. The van der Waals surface area contributed by atoms with Crippen LogP contribution in [0.5, 0.6) is 0 Å². The number of aryl methyl sites for hydroxylation is 1. The van der Waals surface area contributed by atoms with E-state index in [1.54, 1.807) is 16.4 Å². The van der Waals surface area contributed by atoms with E-state index in [0.717, 1.165) is 23.2 Å². The van der Waals surface area contributed by atoms with Crippen molar-refractivity contribution in [2.45, 2.75) is 57.1 Å². The molecule has 3 aromatic rings. The standard InChI is InChI=1S/C33H42N4O3S/c1-27-9-15-32(16-10-27)41(39,40)37-21-19-36(20-22-37)26-30-7-6-8-31(23-30)33(38)34-24-28-11-13-29(14-12-28)25-35-17-4-2-3-5-18-35/h6-16,23H,2-5,17-22,24-26H2,1H3,(H,34,38). The van der Waals surface area contributed by atoms with Crippen molar-refractivity contribution in [1.82, 2.24) is 19.4 Å². The van der Waals surface area contributed by atoms with Gasteiger partial charge in [-0.15, -0.1) is 0 Å². The molecule has 0 radical (unpaired) electrons. The molecule has 41 heavy (non-hydrogen) atoms. The Bertz CT molecular complexity index is 1390. The summed E-state index contributed by atoms with van der Waals surface area (Å²) in [6, 6.07) is 23.3. The number of sulfonamides is 1. The van der Waals surface area contributed by atoms with Gasteiger partial charge in [-0.2, -0.15) is 4.31 Å². The van der Waals surface area contributed by atoms with E-state index in [-0.39, 0.29) is 5.91 Å². The molecule has 218 valence electrons. The second kappa shape index (κ2) is 13.7. The lowest BCUT2D eigenvalue weighted by Gasteiger charge is -2.34. The molecule has 0 aliphatic carbocycles. The molecule has 0 saturated carbocycles. The zero-order valence-corrected chi connectivity index (χ0v) is 24.9. The van der Waals surface area contributed by atoms with Crippen LogP contribution in [0.3, 0.4) is 0 Å². The van der Waals surface area contributed by atoms with Gasteiger partial charge in [0.1, 0.15) is 0 Å². The summed E-state index contributed by atoms with van der Waals surface area (Å²) in [7, 11) is -3.48. The summed E-state index contributed by atoms with van der Waals surface area (Å²) in [5, 5.41) is 3.06. The first kappa shape index (κ1) is 29.5. The molecule has 2 aliphatic rings. The third-order valence-corrected chi connectivity index (χ3v) is 10.1. The Labute approximate surface area is 245 Å². The van der Waals surface area contributed by atoms with E-state index in [4.69, 9.17) is 0 Å². The number of likely N-dealkylation sites (tertiary alicyclic amines) is 1. The maximum atomic E-state index is 13.0. The first-order valence-corrected chi connectivity index (χ1v) is 16.3. The minimum absolute atomic E-state index is 0.0884. The average Bonchev–Trinajstić information content (AvgIpc) is 3.26. The van der Waals surface area contributed by atoms with Crippen molar-refractivity contribution in [1.29, 1.82) is 0 Å². The van der Waals surface area contributed by atoms with Crippen molar-refractivity contribution in [3.8, 4) is 0 Å². The number of rotatable bonds is 9. The normalized spacial score (nSPS) is 17.7. The van der Waals surface area contributed by atoms with Crippen LogP contribution in [-0.4, -0.2) is 67.7 Å². The van der Waals surface area contributed by atoms with Crippen LogP contribution in [0.1, 0.15) is 58.3 Å². The zero-order chi connectivity index (χ0) is 28.7. The molecule has 5 rings (SSSR count). The lowest BCUT2D eigenvalue weighted by molar-refractivity contribution is 0.0950. The highest BCUT2D eigenvalue weighted by Gasteiger charge is 2.28. The fourth-order valence-electron chi connectivity index (χ4n) is 5.66. The SMILES string of the molecule is Cc1ccc(S(=O)(=O)N2CCN(Cc3cccc(C(=O)NCc4ccc(CN5CCCCCC5)cc4)c3)CC2)cc1. The molecule has 0 spiro atoms. The van der Waals surface area contributed by atoms with E-state index in [1.165, 1.54) is 44.3 Å². The van der Waals surface area contributed by atoms with E-state index in [1.807, 2.05) is 43.3 Å². The monoisotopic (exact) mass is 574 g/mol. The highest BCUT2D eigenvalue weighted by molar-refractivity contribution is 7.89. The Hall–Kier alpha value is -3.04. The summed E-state index contributed by atoms with van der Waals surface area (Å²) in [6.45, 7) is 8.68. The van der Waals surface area contributed by atoms with Crippen LogP contribution >= 0.6 is 0 Å². The second-order valence-electron chi connectivity index (χ2n) is 11.4. The van der Waals surface area contributed by atoms with Gasteiger partial charge in [0, 0.05) is 51.4 Å². The summed E-state index contributed by atoms with van der Waals surface area (Å²) in [6.07, 6.45) is 5.27. The van der Waals surface area contributed by atoms with Gasteiger partial charge < -0.3 is 5.32 Å². The van der Waals surface area contributed by atoms with E-state index in [9.17, 15) is 13.2 Å². The summed E-state index contributed by atoms with van der Waals surface area (Å²) in [4.78, 5) is 18.1. The van der Waals surface area contributed by atoms with E-state index >= 15 is 0 Å². The quantitative estimate of drug-likeness (QED) is 0.397. The van der Waals surface area contributed by atoms with Gasteiger partial charge in [0.15, 0.2) is 0 Å². The molecule has 8 heteroatoms. The van der Waals surface area contributed by atoms with Gasteiger partial charge in [-0.3, -0.25) is 14.6 Å². The van der Waals surface area contributed by atoms with Crippen LogP contribution in [0, 0.1) is 6.92 Å². The van der Waals surface area contributed by atoms with Crippen molar-refractivity contribution in [2.24, 2.45) is 0 Å². The van der Waals surface area contributed by atoms with Gasteiger partial charge in [0.25, 0.3) is 5.91 Å². The predicted molar refractivity (Wildman–Crippen MR) is 163 cm³/mol. The summed E-state index contributed by atoms with van der Waals surface area (Å²) >= 11 is 0. The van der Waals surface area contributed by atoms with Crippen LogP contribution in [0.25, 0.3) is 0 Å². The van der Waals surface area contributed by atoms with Crippen LogP contribution < -0.4 is 5.32 Å². The maximum absolute atomic E-state index is 13.0. The zero-order valence-electron chi connectivity index (χ0n) is 24.1. The van der Waals surface area contributed by atoms with Gasteiger partial charge in [-0.05, 0) is 73.8 Å². The average molecular weight is 575 g/mol. The fourth-order valence-corrected chi connectivity index (χ4v) is 7.08. The number of piperazine rings is 1. The number of amides is 1. The van der Waals surface area contributed by atoms with Gasteiger partial charge in [0.05, 0.1) is 4.90 Å². The molecule has 0 aromatic heterocycles. The van der Waals surface area contributed by atoms with E-state index in [2.05, 4.69) is 39.4 Å². The van der Waals surface area contributed by atoms with Crippen LogP contribution in [-0.2, 0) is 29.7 Å². The fraction of sp³-hybridized carbons (Fsp3) is 0.424. The molecule has 2 saturated heterocycles. The first-order valence-electron chi connectivity index (χ1n) is 14.8. The van der Waals surface area contributed by atoms with Crippen molar-refractivity contribution in [2.75, 3.05) is 39.3 Å². The van der Waals surface area contributed by atoms with Crippen molar-refractivity contribution in [3.63, 3.8) is 0 Å². The molecule has 2 heterocycles. The largest absolute Gasteiger partial charge is 0.348 e.